The first kappa shape index (κ1) is 31.7. The van der Waals surface area contributed by atoms with E-state index in [2.05, 4.69) is 15.6 Å². The number of hydrogen-bond acceptors (Lipinski definition) is 16. The summed E-state index contributed by atoms with van der Waals surface area (Å²) in [5, 5.41) is 77.6. The number of nitrogens with two attached hydrogens (primary N) is 1. The van der Waals surface area contributed by atoms with Gasteiger partial charge >= 0.3 is 0 Å². The van der Waals surface area contributed by atoms with E-state index in [1.807, 2.05) is 0 Å². The van der Waals surface area contributed by atoms with Gasteiger partial charge in [-0.2, -0.15) is 0 Å². The molecule has 41 heavy (non-hydrogen) atoms. The SMILES string of the molecule is CC(=O)N[C@H]1[C@@H](O[C@H]2[C@H](O)[C@@H](NC(C)=O)[C@@H](O[C@@H]3[C@H](O)[C@H]4N=C(N)O[C@H]4[C@H]3CO)O[C@H]2CO)O[C@@H](CO)[C@H](O)[C@H]1O. The quantitative estimate of drug-likeness (QED) is 0.119. The monoisotopic (exact) mass is 594 g/mol. The molecule has 3 heterocycles. The molecule has 11 N–H and O–H groups in total. The van der Waals surface area contributed by atoms with Gasteiger partial charge in [0.2, 0.25) is 11.8 Å². The van der Waals surface area contributed by atoms with Crippen molar-refractivity contribution >= 4 is 17.8 Å². The smallest absolute Gasteiger partial charge is 0.282 e. The Morgan fingerprint density at radius 2 is 1.34 bits per heavy atom. The normalized spacial score (nSPS) is 45.9. The highest BCUT2D eigenvalue weighted by atomic mass is 16.7. The van der Waals surface area contributed by atoms with Crippen LogP contribution in [0.3, 0.4) is 0 Å². The summed E-state index contributed by atoms with van der Waals surface area (Å²) in [7, 11) is 0. The molecule has 0 spiro atoms. The molecule has 2 saturated heterocycles. The van der Waals surface area contributed by atoms with Crippen molar-refractivity contribution < 1.29 is 69.0 Å². The number of aliphatic hydroxyl groups is 7. The van der Waals surface area contributed by atoms with Crippen molar-refractivity contribution in [3.05, 3.63) is 0 Å². The first-order chi connectivity index (χ1) is 19.4. The lowest BCUT2D eigenvalue weighted by atomic mass is 9.94. The molecule has 0 unspecified atom stereocenters. The van der Waals surface area contributed by atoms with Crippen LogP contribution in [0.15, 0.2) is 4.99 Å². The summed E-state index contributed by atoms with van der Waals surface area (Å²) in [5.74, 6) is -2.05. The Morgan fingerprint density at radius 1 is 0.805 bits per heavy atom. The molecule has 4 rings (SSSR count). The summed E-state index contributed by atoms with van der Waals surface area (Å²) in [5.41, 5.74) is 5.60. The molecule has 3 aliphatic heterocycles. The van der Waals surface area contributed by atoms with Crippen LogP contribution in [0.5, 0.6) is 0 Å². The predicted octanol–water partition coefficient (Wildman–Crippen LogP) is -6.65. The number of fused-ring (bicyclic) bond motifs is 1. The standard InChI is InChI=1S/C23H38N4O14/c1-6(31)25-12-15(34)14(33)9(4-29)37-21(12)40-20-10(5-30)38-22(13(17(20)36)26-7(2)32)39-19-8(3-28)18-11(16(19)35)27-23(24)41-18/h8-22,28-30,33-36H,3-5H2,1-2H3,(H2,24,27)(H,25,31)(H,26,32)/t8-,9+,10+,11-,12-,13-,14+,15+,16-,17-,18+,19+,20-,21-,22-/m1/s1. The molecule has 1 aliphatic carbocycles. The molecule has 0 aromatic carbocycles. The minimum absolute atomic E-state index is 0.152. The molecule has 0 radical (unpaired) electrons. The number of nitrogens with one attached hydrogen (secondary N) is 2. The van der Waals surface area contributed by atoms with Gasteiger partial charge in [0.05, 0.1) is 31.8 Å². The molecule has 18 heteroatoms. The second kappa shape index (κ2) is 13.0. The zero-order valence-electron chi connectivity index (χ0n) is 22.3. The number of nitrogens with zero attached hydrogens (tertiary/aromatic N) is 1. The van der Waals surface area contributed by atoms with Crippen molar-refractivity contribution in [3.63, 3.8) is 0 Å². The van der Waals surface area contributed by atoms with Gasteiger partial charge in [0.25, 0.3) is 6.02 Å². The van der Waals surface area contributed by atoms with Gasteiger partial charge < -0.3 is 75.8 Å². The van der Waals surface area contributed by atoms with Gasteiger partial charge in [-0.15, -0.1) is 0 Å². The average Bonchev–Trinajstić information content (AvgIpc) is 3.41. The van der Waals surface area contributed by atoms with Crippen molar-refractivity contribution in [3.8, 4) is 0 Å². The number of ether oxygens (including phenoxy) is 5. The Kier molecular flexibility index (Phi) is 10.0. The summed E-state index contributed by atoms with van der Waals surface area (Å²) in [6, 6.07) is -3.73. The third kappa shape index (κ3) is 6.27. The third-order valence-corrected chi connectivity index (χ3v) is 7.67. The van der Waals surface area contributed by atoms with E-state index in [9.17, 15) is 45.3 Å². The lowest BCUT2D eigenvalue weighted by Crippen LogP contribution is -2.69. The molecule has 1 saturated carbocycles. The van der Waals surface area contributed by atoms with Crippen LogP contribution in [0.1, 0.15) is 13.8 Å². The number of hydrogen-bond donors (Lipinski definition) is 10. The minimum atomic E-state index is -1.68. The van der Waals surface area contributed by atoms with Crippen LogP contribution in [0.2, 0.25) is 0 Å². The van der Waals surface area contributed by atoms with Gasteiger partial charge in [0.15, 0.2) is 12.6 Å². The topological polar surface area (TPSA) is 284 Å². The molecule has 3 fully saturated rings. The summed E-state index contributed by atoms with van der Waals surface area (Å²) in [6.45, 7) is 0.333. The molecule has 4 aliphatic rings. The van der Waals surface area contributed by atoms with Crippen LogP contribution in [-0.4, -0.2) is 159 Å². The van der Waals surface area contributed by atoms with Crippen molar-refractivity contribution in [2.75, 3.05) is 19.8 Å². The van der Waals surface area contributed by atoms with E-state index < -0.39 is 123 Å². The van der Waals surface area contributed by atoms with Crippen LogP contribution >= 0.6 is 0 Å². The van der Waals surface area contributed by atoms with Gasteiger partial charge in [-0.1, -0.05) is 0 Å². The number of aliphatic imine (C=N–C) groups is 1. The fourth-order valence-corrected chi connectivity index (χ4v) is 5.73. The zero-order chi connectivity index (χ0) is 30.2. The van der Waals surface area contributed by atoms with E-state index in [0.717, 1.165) is 13.8 Å². The van der Waals surface area contributed by atoms with Gasteiger partial charge in [-0.25, -0.2) is 4.99 Å². The first-order valence-electron chi connectivity index (χ1n) is 13.1. The Labute approximate surface area is 234 Å². The van der Waals surface area contributed by atoms with Gasteiger partial charge in [-0.3, -0.25) is 9.59 Å². The lowest BCUT2D eigenvalue weighted by Gasteiger charge is -2.48. The molecule has 0 aromatic heterocycles. The summed E-state index contributed by atoms with van der Waals surface area (Å²) >= 11 is 0. The second-order valence-electron chi connectivity index (χ2n) is 10.5. The van der Waals surface area contributed by atoms with E-state index in [4.69, 9.17) is 29.4 Å². The number of carbonyl (C=O) groups is 2. The summed E-state index contributed by atoms with van der Waals surface area (Å²) in [6.07, 6.45) is -15.4. The number of rotatable bonds is 9. The first-order valence-corrected chi connectivity index (χ1v) is 13.1. The predicted molar refractivity (Wildman–Crippen MR) is 131 cm³/mol. The average molecular weight is 595 g/mol. The largest absolute Gasteiger partial charge is 0.459 e. The molecule has 2 amide bonds. The molecular formula is C23H38N4O14. The fourth-order valence-electron chi connectivity index (χ4n) is 5.73. The molecular weight excluding hydrogens is 556 g/mol. The van der Waals surface area contributed by atoms with E-state index in [-0.39, 0.29) is 6.02 Å². The maximum atomic E-state index is 12.1. The van der Waals surface area contributed by atoms with Gasteiger partial charge in [0.1, 0.15) is 67.0 Å². The van der Waals surface area contributed by atoms with Crippen molar-refractivity contribution in [2.45, 2.75) is 99.5 Å². The highest BCUT2D eigenvalue weighted by Crippen LogP contribution is 2.39. The second-order valence-corrected chi connectivity index (χ2v) is 10.5. The molecule has 0 aromatic rings. The van der Waals surface area contributed by atoms with Gasteiger partial charge in [0, 0.05) is 13.8 Å². The maximum absolute atomic E-state index is 12.1. The minimum Gasteiger partial charge on any atom is -0.459 e. The molecule has 18 nitrogen and oxygen atoms in total. The Bertz CT molecular complexity index is 975. The van der Waals surface area contributed by atoms with E-state index in [1.54, 1.807) is 0 Å². The summed E-state index contributed by atoms with van der Waals surface area (Å²) < 4.78 is 28.7. The molecule has 234 valence electrons. The van der Waals surface area contributed by atoms with E-state index >= 15 is 0 Å². The summed E-state index contributed by atoms with van der Waals surface area (Å²) in [4.78, 5) is 27.9. The van der Waals surface area contributed by atoms with E-state index in [0.29, 0.717) is 0 Å². The number of amidine groups is 1. The van der Waals surface area contributed by atoms with Crippen molar-refractivity contribution in [1.82, 2.24) is 10.6 Å². The van der Waals surface area contributed by atoms with Crippen LogP contribution < -0.4 is 16.4 Å². The zero-order valence-corrected chi connectivity index (χ0v) is 22.3. The van der Waals surface area contributed by atoms with E-state index in [1.165, 1.54) is 0 Å². The van der Waals surface area contributed by atoms with Crippen molar-refractivity contribution in [2.24, 2.45) is 16.6 Å². The van der Waals surface area contributed by atoms with Crippen molar-refractivity contribution in [1.29, 1.82) is 0 Å². The molecule has 0 bridgehead atoms. The Hall–Kier alpha value is -2.23. The fraction of sp³-hybridized carbons (Fsp3) is 0.870. The lowest BCUT2D eigenvalue weighted by molar-refractivity contribution is -0.339. The van der Waals surface area contributed by atoms with Crippen LogP contribution in [0.4, 0.5) is 0 Å². The van der Waals surface area contributed by atoms with Crippen LogP contribution in [-0.2, 0) is 33.3 Å². The highest BCUT2D eigenvalue weighted by molar-refractivity contribution is 5.74. The molecule has 15 atom stereocenters. The third-order valence-electron chi connectivity index (χ3n) is 7.67. The van der Waals surface area contributed by atoms with Crippen LogP contribution in [0, 0.1) is 5.92 Å². The maximum Gasteiger partial charge on any atom is 0.282 e. The number of aliphatic hydroxyl groups excluding tert-OH is 7. The van der Waals surface area contributed by atoms with Gasteiger partial charge in [-0.05, 0) is 0 Å². The Balaban J connectivity index is 1.57. The van der Waals surface area contributed by atoms with Crippen LogP contribution in [0.25, 0.3) is 0 Å². The number of carbonyl (C=O) groups excluding carboxylic acids is 2. The highest BCUT2D eigenvalue weighted by Gasteiger charge is 2.58. The number of amides is 2. The Morgan fingerprint density at radius 3 is 1.88 bits per heavy atom.